The van der Waals surface area contributed by atoms with Crippen molar-refractivity contribution in [2.24, 2.45) is 0 Å². The molecule has 2 N–H and O–H groups in total. The molecule has 2 rings (SSSR count). The normalized spacial score (nSPS) is 10.6. The molecule has 1 aromatic heterocycles. The van der Waals surface area contributed by atoms with Crippen LogP contribution in [-0.4, -0.2) is 4.98 Å². The van der Waals surface area contributed by atoms with Crippen LogP contribution in [0.3, 0.4) is 0 Å². The second-order valence-corrected chi connectivity index (χ2v) is 3.38. The van der Waals surface area contributed by atoms with E-state index in [2.05, 4.69) is 4.98 Å². The van der Waals surface area contributed by atoms with E-state index in [4.69, 9.17) is 17.3 Å². The lowest BCUT2D eigenvalue weighted by molar-refractivity contribution is 1.32. The number of rotatable bonds is 0. The number of hydrogen-bond donors (Lipinski definition) is 1. The minimum Gasteiger partial charge on any atom is -0.383 e. The molecule has 1 heterocycles. The maximum Gasteiger partial charge on any atom is 0.126 e. The minimum absolute atomic E-state index is 0.565. The third-order valence-electron chi connectivity index (χ3n) is 2.17. The van der Waals surface area contributed by atoms with Crippen LogP contribution in [0.2, 0.25) is 5.02 Å². The van der Waals surface area contributed by atoms with Crippen LogP contribution in [-0.2, 0) is 0 Å². The van der Waals surface area contributed by atoms with Crippen molar-refractivity contribution in [1.82, 2.24) is 4.98 Å². The highest BCUT2D eigenvalue weighted by molar-refractivity contribution is 6.35. The van der Waals surface area contributed by atoms with E-state index >= 15 is 0 Å². The first-order valence-electron chi connectivity index (χ1n) is 3.99. The van der Waals surface area contributed by atoms with Crippen molar-refractivity contribution in [3.8, 4) is 0 Å². The van der Waals surface area contributed by atoms with Crippen LogP contribution in [0.1, 0.15) is 5.56 Å². The van der Waals surface area contributed by atoms with Gasteiger partial charge in [-0.25, -0.2) is 4.98 Å². The molecule has 2 nitrogen and oxygen atoms in total. The van der Waals surface area contributed by atoms with E-state index in [1.54, 1.807) is 6.20 Å². The Morgan fingerprint density at radius 2 is 2.08 bits per heavy atom. The van der Waals surface area contributed by atoms with Gasteiger partial charge in [-0.15, -0.1) is 0 Å². The van der Waals surface area contributed by atoms with Gasteiger partial charge in [-0.2, -0.15) is 0 Å². The Morgan fingerprint density at radius 3 is 2.85 bits per heavy atom. The Balaban J connectivity index is 2.94. The summed E-state index contributed by atoms with van der Waals surface area (Å²) in [5, 5.41) is 2.74. The molecule has 66 valence electrons. The summed E-state index contributed by atoms with van der Waals surface area (Å²) in [6, 6.07) is 5.76. The number of nitrogen functional groups attached to an aromatic ring is 1. The van der Waals surface area contributed by atoms with E-state index in [1.807, 2.05) is 25.1 Å². The van der Waals surface area contributed by atoms with Crippen LogP contribution in [0.5, 0.6) is 0 Å². The molecule has 0 amide bonds. The number of aromatic nitrogens is 1. The first-order chi connectivity index (χ1) is 6.20. The molecule has 0 spiro atoms. The van der Waals surface area contributed by atoms with Crippen LogP contribution in [0.15, 0.2) is 24.4 Å². The summed E-state index contributed by atoms with van der Waals surface area (Å²) in [5.41, 5.74) is 6.67. The van der Waals surface area contributed by atoms with Gasteiger partial charge < -0.3 is 5.73 Å². The van der Waals surface area contributed by atoms with Crippen molar-refractivity contribution in [1.29, 1.82) is 0 Å². The fourth-order valence-corrected chi connectivity index (χ4v) is 1.59. The number of nitrogens with zero attached hydrogens (tertiary/aromatic N) is 1. The Hall–Kier alpha value is -1.28. The van der Waals surface area contributed by atoms with Crippen molar-refractivity contribution in [3.63, 3.8) is 0 Å². The maximum absolute atomic E-state index is 6.00. The predicted octanol–water partition coefficient (Wildman–Crippen LogP) is 2.78. The summed E-state index contributed by atoms with van der Waals surface area (Å²) < 4.78 is 0. The SMILES string of the molecule is Cc1c(N)ncc2c(Cl)cccc12. The number of nitrogens with two attached hydrogens (primary N) is 1. The first-order valence-corrected chi connectivity index (χ1v) is 4.37. The van der Waals surface area contributed by atoms with Crippen LogP contribution in [0.4, 0.5) is 5.82 Å². The average molecular weight is 193 g/mol. The summed E-state index contributed by atoms with van der Waals surface area (Å²) in [4.78, 5) is 4.06. The Bertz CT molecular complexity index is 466. The summed E-state index contributed by atoms with van der Waals surface area (Å²) in [5.74, 6) is 0.565. The smallest absolute Gasteiger partial charge is 0.126 e. The highest BCUT2D eigenvalue weighted by atomic mass is 35.5. The molecule has 0 unspecified atom stereocenters. The fraction of sp³-hybridized carbons (Fsp3) is 0.100. The van der Waals surface area contributed by atoms with Crippen molar-refractivity contribution in [2.75, 3.05) is 5.73 Å². The van der Waals surface area contributed by atoms with E-state index in [9.17, 15) is 0 Å². The van der Waals surface area contributed by atoms with Gasteiger partial charge in [0.2, 0.25) is 0 Å². The summed E-state index contributed by atoms with van der Waals surface area (Å²) >= 11 is 6.00. The first kappa shape index (κ1) is 8.32. The van der Waals surface area contributed by atoms with Crippen molar-refractivity contribution < 1.29 is 0 Å². The molecule has 0 fully saturated rings. The van der Waals surface area contributed by atoms with E-state index in [0.29, 0.717) is 10.8 Å². The minimum atomic E-state index is 0.565. The number of benzene rings is 1. The zero-order valence-electron chi connectivity index (χ0n) is 7.21. The third kappa shape index (κ3) is 1.23. The van der Waals surface area contributed by atoms with Gasteiger partial charge in [0.15, 0.2) is 0 Å². The van der Waals surface area contributed by atoms with Crippen LogP contribution in [0.25, 0.3) is 10.8 Å². The molecule has 0 aliphatic rings. The monoisotopic (exact) mass is 192 g/mol. The molecular formula is C10H9ClN2. The summed E-state index contributed by atoms with van der Waals surface area (Å²) in [7, 11) is 0. The molecule has 1 aromatic carbocycles. The zero-order chi connectivity index (χ0) is 9.42. The lowest BCUT2D eigenvalue weighted by atomic mass is 10.1. The average Bonchev–Trinajstić information content (AvgIpc) is 2.12. The maximum atomic E-state index is 6.00. The number of hydrogen-bond acceptors (Lipinski definition) is 2. The molecule has 0 aliphatic heterocycles. The van der Waals surface area contributed by atoms with E-state index in [1.165, 1.54) is 0 Å². The van der Waals surface area contributed by atoms with Gasteiger partial charge >= 0.3 is 0 Å². The largest absolute Gasteiger partial charge is 0.383 e. The molecule has 2 aromatic rings. The Kier molecular flexibility index (Phi) is 1.85. The highest BCUT2D eigenvalue weighted by Gasteiger charge is 2.03. The van der Waals surface area contributed by atoms with Crippen LogP contribution in [0, 0.1) is 6.92 Å². The van der Waals surface area contributed by atoms with Crippen molar-refractivity contribution in [3.05, 3.63) is 35.0 Å². The molecule has 0 saturated carbocycles. The van der Waals surface area contributed by atoms with Gasteiger partial charge in [-0.3, -0.25) is 0 Å². The molecule has 0 bridgehead atoms. The van der Waals surface area contributed by atoms with E-state index < -0.39 is 0 Å². The molecule has 0 aliphatic carbocycles. The number of aryl methyl sites for hydroxylation is 1. The molecular weight excluding hydrogens is 184 g/mol. The molecule has 0 saturated heterocycles. The van der Waals surface area contributed by atoms with E-state index in [-0.39, 0.29) is 0 Å². The predicted molar refractivity (Wildman–Crippen MR) is 55.9 cm³/mol. The van der Waals surface area contributed by atoms with Gasteiger partial charge in [-0.1, -0.05) is 23.7 Å². The number of pyridine rings is 1. The van der Waals surface area contributed by atoms with Crippen LogP contribution < -0.4 is 5.73 Å². The van der Waals surface area contributed by atoms with Crippen molar-refractivity contribution in [2.45, 2.75) is 6.92 Å². The van der Waals surface area contributed by atoms with Gasteiger partial charge in [-0.05, 0) is 23.9 Å². The second kappa shape index (κ2) is 2.89. The molecule has 0 radical (unpaired) electrons. The lowest BCUT2D eigenvalue weighted by Crippen LogP contribution is -1.94. The van der Waals surface area contributed by atoms with Crippen molar-refractivity contribution >= 4 is 28.2 Å². The quantitative estimate of drug-likeness (QED) is 0.697. The number of fused-ring (bicyclic) bond motifs is 1. The number of halogens is 1. The second-order valence-electron chi connectivity index (χ2n) is 2.97. The number of anilines is 1. The lowest BCUT2D eigenvalue weighted by Gasteiger charge is -2.04. The highest BCUT2D eigenvalue weighted by Crippen LogP contribution is 2.26. The summed E-state index contributed by atoms with van der Waals surface area (Å²) in [6.07, 6.45) is 1.71. The van der Waals surface area contributed by atoms with Crippen LogP contribution >= 0.6 is 11.6 Å². The molecule has 13 heavy (non-hydrogen) atoms. The topological polar surface area (TPSA) is 38.9 Å². The molecule has 3 heteroatoms. The molecule has 0 atom stereocenters. The van der Waals surface area contributed by atoms with E-state index in [0.717, 1.165) is 16.3 Å². The standard InChI is InChI=1S/C10H9ClN2/c1-6-7-3-2-4-9(11)8(7)5-13-10(6)12/h2-5H,1H3,(H2,12,13). The van der Waals surface area contributed by atoms with Gasteiger partial charge in [0, 0.05) is 16.6 Å². The van der Waals surface area contributed by atoms with Gasteiger partial charge in [0.25, 0.3) is 0 Å². The van der Waals surface area contributed by atoms with Gasteiger partial charge in [0.1, 0.15) is 5.82 Å². The zero-order valence-corrected chi connectivity index (χ0v) is 7.97. The summed E-state index contributed by atoms with van der Waals surface area (Å²) in [6.45, 7) is 1.95. The Labute approximate surface area is 81.3 Å². The van der Waals surface area contributed by atoms with Gasteiger partial charge in [0.05, 0.1) is 0 Å². The third-order valence-corrected chi connectivity index (χ3v) is 2.50. The Morgan fingerprint density at radius 1 is 1.31 bits per heavy atom. The fourth-order valence-electron chi connectivity index (χ4n) is 1.36.